The van der Waals surface area contributed by atoms with Crippen LogP contribution in [0.1, 0.15) is 62.1 Å². The second-order valence-corrected chi connectivity index (χ2v) is 18.9. The van der Waals surface area contributed by atoms with Gasteiger partial charge in [0.15, 0.2) is 13.9 Å². The summed E-state index contributed by atoms with van der Waals surface area (Å²) < 4.78 is 6.88. The van der Waals surface area contributed by atoms with Crippen molar-refractivity contribution in [3.05, 3.63) is 94.5 Å². The van der Waals surface area contributed by atoms with Crippen LogP contribution in [-0.4, -0.2) is 66.6 Å². The van der Waals surface area contributed by atoms with Gasteiger partial charge in [-0.15, -0.1) is 0 Å². The first-order valence-corrected chi connectivity index (χ1v) is 21.2. The van der Waals surface area contributed by atoms with Crippen molar-refractivity contribution >= 4 is 49.0 Å². The fraction of sp³-hybridized carbons (Fsp3) is 0.462. The molecule has 2 N–H and O–H groups in total. The molecule has 9 nitrogen and oxygen atoms in total. The normalized spacial score (nSPS) is 24.0. The first kappa shape index (κ1) is 36.3. The number of benzene rings is 3. The molecule has 3 aromatic carbocycles. The van der Waals surface area contributed by atoms with Gasteiger partial charge in [-0.05, 0) is 67.4 Å². The number of hydrogen-bond acceptors (Lipinski definition) is 6. The summed E-state index contributed by atoms with van der Waals surface area (Å²) in [6.07, 6.45) is 3.87. The third-order valence-electron chi connectivity index (χ3n) is 10.7. The zero-order chi connectivity index (χ0) is 35.6. The predicted octanol–water partition coefficient (Wildman–Crippen LogP) is 6.39. The zero-order valence-corrected chi connectivity index (χ0v) is 30.9. The van der Waals surface area contributed by atoms with Crippen LogP contribution in [0.4, 0.5) is 11.4 Å². The van der Waals surface area contributed by atoms with Crippen molar-refractivity contribution in [3.8, 4) is 0 Å². The molecule has 0 aliphatic carbocycles. The Morgan fingerprint density at radius 1 is 1.00 bits per heavy atom. The average Bonchev–Trinajstić information content (AvgIpc) is 3.49. The van der Waals surface area contributed by atoms with Crippen molar-refractivity contribution in [1.29, 1.82) is 0 Å². The maximum absolute atomic E-state index is 14.8. The Hall–Kier alpha value is -3.54. The molecule has 0 radical (unpaired) electrons. The number of rotatable bonds is 10. The van der Waals surface area contributed by atoms with E-state index in [-0.39, 0.29) is 43.8 Å². The number of aliphatic hydroxyl groups excluding tert-OH is 1. The molecule has 0 aromatic heterocycles. The summed E-state index contributed by atoms with van der Waals surface area (Å²) in [5, 5.41) is 10.3. The molecule has 266 valence electrons. The lowest BCUT2D eigenvalue weighted by atomic mass is 9.82. The Kier molecular flexibility index (Phi) is 10.9. The topological polar surface area (TPSA) is 111 Å². The van der Waals surface area contributed by atoms with E-state index in [1.54, 1.807) is 21.9 Å². The fourth-order valence-electron chi connectivity index (χ4n) is 8.32. The Balaban J connectivity index is 1.29. The number of halogens is 1. The molecule has 50 heavy (non-hydrogen) atoms. The molecular weight excluding hydrogens is 670 g/mol. The number of carbonyl (C=O) groups is 3. The maximum Gasteiger partial charge on any atom is 0.264 e. The number of ether oxygens (including phenoxy) is 1. The number of hydrogen-bond donors (Lipinski definition) is 2. The van der Waals surface area contributed by atoms with E-state index in [9.17, 15) is 24.3 Å². The number of fused-ring (bicyclic) bond motifs is 2. The molecule has 0 bridgehead atoms. The molecule has 11 heteroatoms. The van der Waals surface area contributed by atoms with E-state index in [4.69, 9.17) is 16.3 Å². The summed E-state index contributed by atoms with van der Waals surface area (Å²) in [6.45, 7) is 6.87. The first-order chi connectivity index (χ1) is 23.9. The fourth-order valence-corrected chi connectivity index (χ4v) is 11.0. The van der Waals surface area contributed by atoms with Gasteiger partial charge in [-0.3, -0.25) is 14.4 Å². The number of amides is 3. The van der Waals surface area contributed by atoms with Crippen molar-refractivity contribution in [2.45, 2.75) is 88.9 Å². The molecule has 3 aromatic rings. The lowest BCUT2D eigenvalue weighted by molar-refractivity contribution is -0.150. The van der Waals surface area contributed by atoms with E-state index in [1.165, 1.54) is 0 Å². The van der Waals surface area contributed by atoms with Crippen molar-refractivity contribution in [1.82, 2.24) is 4.90 Å². The molecule has 2 saturated heterocycles. The van der Waals surface area contributed by atoms with E-state index in [0.29, 0.717) is 35.8 Å². The average molecular weight is 718 g/mol. The van der Waals surface area contributed by atoms with Crippen LogP contribution >= 0.6 is 11.6 Å². The van der Waals surface area contributed by atoms with E-state index in [0.717, 1.165) is 42.5 Å². The summed E-state index contributed by atoms with van der Waals surface area (Å²) in [5.74, 6) is -0.778. The van der Waals surface area contributed by atoms with Gasteiger partial charge < -0.3 is 29.3 Å². The van der Waals surface area contributed by atoms with Crippen LogP contribution in [0.25, 0.3) is 0 Å². The first-order valence-electron chi connectivity index (χ1n) is 17.8. The summed E-state index contributed by atoms with van der Waals surface area (Å²) in [6, 6.07) is 22.8. The highest BCUT2D eigenvalue weighted by Gasteiger charge is 2.66. The van der Waals surface area contributed by atoms with Crippen LogP contribution in [0.2, 0.25) is 23.7 Å². The molecule has 3 amide bonds. The van der Waals surface area contributed by atoms with Crippen molar-refractivity contribution in [3.63, 3.8) is 0 Å². The van der Waals surface area contributed by atoms with Gasteiger partial charge >= 0.3 is 0 Å². The van der Waals surface area contributed by atoms with Crippen molar-refractivity contribution in [2.24, 2.45) is 5.92 Å². The van der Waals surface area contributed by atoms with Crippen molar-refractivity contribution < 1.29 is 29.0 Å². The number of aliphatic hydroxyl groups is 1. The van der Waals surface area contributed by atoms with Crippen LogP contribution in [0, 0.1) is 5.92 Å². The minimum atomic E-state index is -3.02. The lowest BCUT2D eigenvalue weighted by Gasteiger charge is -2.32. The highest BCUT2D eigenvalue weighted by atomic mass is 35.5. The third kappa shape index (κ3) is 7.14. The van der Waals surface area contributed by atoms with E-state index >= 15 is 0 Å². The quantitative estimate of drug-likeness (QED) is 0.235. The number of anilines is 2. The Labute approximate surface area is 300 Å². The third-order valence-corrected chi connectivity index (χ3v) is 13.4. The monoisotopic (exact) mass is 717 g/mol. The highest BCUT2D eigenvalue weighted by Crippen LogP contribution is 2.60. The molecule has 3 aliphatic heterocycles. The van der Waals surface area contributed by atoms with Crippen molar-refractivity contribution in [2.75, 3.05) is 29.5 Å². The maximum atomic E-state index is 14.8. The summed E-state index contributed by atoms with van der Waals surface area (Å²) >= 11 is 6.57. The van der Waals surface area contributed by atoms with E-state index in [2.05, 4.69) is 0 Å². The number of carbonyl (C=O) groups excluding carboxylic acids is 3. The predicted molar refractivity (Wildman–Crippen MR) is 197 cm³/mol. The SMILES string of the molecule is C[C@H]1[C@H]([Si](C)(C)O)[C@@H](CC(=O)N(CCO)Cc2ccccc2)O[C@]12C(=O)N(Cc1ccc(N3CCCCCCC3=O)cc1)c1ccc(Cl)cc12. The van der Waals surface area contributed by atoms with Crippen LogP contribution in [-0.2, 0) is 37.8 Å². The van der Waals surface area contributed by atoms with Crippen LogP contribution in [0.3, 0.4) is 0 Å². The molecule has 3 heterocycles. The molecular formula is C39H48ClN3O6Si. The van der Waals surface area contributed by atoms with Gasteiger partial charge in [0.1, 0.15) is 0 Å². The highest BCUT2D eigenvalue weighted by molar-refractivity contribution is 6.71. The van der Waals surface area contributed by atoms with Crippen LogP contribution in [0.5, 0.6) is 0 Å². The standard InChI is InChI=1S/C39H48ClN3O6Si/c1-27-37(50(2,3)48)34(24-36(46)41(21-22-44)25-28-11-7-6-8-12-28)49-39(27)32-23-30(40)16-19-33(32)43(38(39)47)26-29-14-17-31(18-15-29)42-20-10-5-4-9-13-35(42)45/h6-8,11-12,14-19,23,27,34,37,44,48H,4-5,9-10,13,20-22,24-26H2,1-3H3/t27-,34+,37-,39+/m0/s1. The van der Waals surface area contributed by atoms with Crippen LogP contribution < -0.4 is 9.80 Å². The lowest BCUT2D eigenvalue weighted by Crippen LogP contribution is -2.46. The zero-order valence-electron chi connectivity index (χ0n) is 29.2. The van der Waals surface area contributed by atoms with Gasteiger partial charge in [-0.25, -0.2) is 0 Å². The molecule has 0 saturated carbocycles. The smallest absolute Gasteiger partial charge is 0.264 e. The molecule has 3 aliphatic rings. The molecule has 4 atom stereocenters. The second-order valence-electron chi connectivity index (χ2n) is 14.5. The van der Waals surface area contributed by atoms with E-state index in [1.807, 2.05) is 85.6 Å². The summed E-state index contributed by atoms with van der Waals surface area (Å²) in [5.41, 5.74) is 2.13. The minimum absolute atomic E-state index is 0.0412. The van der Waals surface area contributed by atoms with Gasteiger partial charge in [0.25, 0.3) is 5.91 Å². The molecule has 1 spiro atoms. The Bertz CT molecular complexity index is 1700. The molecule has 2 fully saturated rings. The number of nitrogens with zero attached hydrogens (tertiary/aromatic N) is 3. The largest absolute Gasteiger partial charge is 0.432 e. The minimum Gasteiger partial charge on any atom is -0.432 e. The van der Waals surface area contributed by atoms with Gasteiger partial charge in [-0.2, -0.15) is 0 Å². The van der Waals surface area contributed by atoms with Gasteiger partial charge in [0, 0.05) is 53.8 Å². The summed E-state index contributed by atoms with van der Waals surface area (Å²) in [4.78, 5) is 58.5. The summed E-state index contributed by atoms with van der Waals surface area (Å²) in [7, 11) is -3.02. The second kappa shape index (κ2) is 15.0. The Morgan fingerprint density at radius 3 is 2.42 bits per heavy atom. The molecule has 6 rings (SSSR count). The Morgan fingerprint density at radius 2 is 1.72 bits per heavy atom. The van der Waals surface area contributed by atoms with Gasteiger partial charge in [0.05, 0.1) is 31.4 Å². The van der Waals surface area contributed by atoms with Crippen LogP contribution in [0.15, 0.2) is 72.8 Å². The van der Waals surface area contributed by atoms with Gasteiger partial charge in [-0.1, -0.05) is 73.8 Å². The van der Waals surface area contributed by atoms with Gasteiger partial charge in [0.2, 0.25) is 11.8 Å². The van der Waals surface area contributed by atoms with E-state index < -0.39 is 31.5 Å². The molecule has 0 unspecified atom stereocenters.